The van der Waals surface area contributed by atoms with Crippen molar-refractivity contribution < 1.29 is 26.5 Å². The number of nitrogens with zero attached hydrogens (tertiary/aromatic N) is 2. The van der Waals surface area contributed by atoms with Crippen LogP contribution in [0.4, 0.5) is 24.5 Å². The summed E-state index contributed by atoms with van der Waals surface area (Å²) in [7, 11) is -3.38. The summed E-state index contributed by atoms with van der Waals surface area (Å²) in [5, 5.41) is 10.6. The van der Waals surface area contributed by atoms with Crippen LogP contribution in [0, 0.1) is 10.1 Å². The molecule has 1 aliphatic rings. The van der Waals surface area contributed by atoms with Gasteiger partial charge in [0.2, 0.25) is 10.0 Å². The fraction of sp³-hybridized carbons (Fsp3) is 0.538. The Labute approximate surface area is 147 Å². The number of hydrogen-bond acceptors (Lipinski definition) is 5. The van der Waals surface area contributed by atoms with Gasteiger partial charge in [0.05, 0.1) is 21.8 Å². The highest BCUT2D eigenvalue weighted by Crippen LogP contribution is 2.42. The van der Waals surface area contributed by atoms with E-state index in [1.165, 1.54) is 4.90 Å². The number of nitrogens with one attached hydrogen (secondary N) is 1. The van der Waals surface area contributed by atoms with Crippen molar-refractivity contribution in [1.29, 1.82) is 0 Å². The molecule has 0 radical (unpaired) electrons. The Morgan fingerprint density at radius 2 is 1.88 bits per heavy atom. The number of nitro groups is 1. The molecule has 1 aliphatic heterocycles. The number of halogens is 4. The van der Waals surface area contributed by atoms with Crippen LogP contribution in [0.3, 0.4) is 0 Å². The van der Waals surface area contributed by atoms with Crippen molar-refractivity contribution in [1.82, 2.24) is 4.72 Å². The summed E-state index contributed by atoms with van der Waals surface area (Å²) < 4.78 is 63.6. The van der Waals surface area contributed by atoms with Crippen LogP contribution < -0.4 is 9.62 Å². The smallest absolute Gasteiger partial charge is 0.366 e. The summed E-state index contributed by atoms with van der Waals surface area (Å²) in [6, 6.07) is 1.04. The summed E-state index contributed by atoms with van der Waals surface area (Å²) in [6.45, 7) is 0.492. The first kappa shape index (κ1) is 19.7. The zero-order chi connectivity index (χ0) is 19.0. The van der Waals surface area contributed by atoms with Gasteiger partial charge < -0.3 is 4.90 Å². The molecular weight excluding hydrogens is 387 g/mol. The molecule has 0 atom stereocenters. The molecule has 0 bridgehead atoms. The monoisotopic (exact) mass is 401 g/mol. The first-order valence-electron chi connectivity index (χ1n) is 7.16. The number of sulfonamides is 1. The van der Waals surface area contributed by atoms with Crippen LogP contribution in [0.25, 0.3) is 0 Å². The van der Waals surface area contributed by atoms with Gasteiger partial charge in [-0.1, -0.05) is 11.6 Å². The van der Waals surface area contributed by atoms with Crippen LogP contribution in [0.5, 0.6) is 0 Å². The first-order valence-corrected chi connectivity index (χ1v) is 9.43. The summed E-state index contributed by atoms with van der Waals surface area (Å²) in [5.74, 6) is 0. The van der Waals surface area contributed by atoms with Gasteiger partial charge in [-0.15, -0.1) is 0 Å². The number of alkyl halides is 3. The second kappa shape index (κ2) is 6.96. The fourth-order valence-corrected chi connectivity index (χ4v) is 3.82. The van der Waals surface area contributed by atoms with Gasteiger partial charge in [-0.3, -0.25) is 10.1 Å². The van der Waals surface area contributed by atoms with Crippen molar-refractivity contribution in [2.75, 3.05) is 24.2 Å². The van der Waals surface area contributed by atoms with Crippen molar-refractivity contribution in [3.05, 3.63) is 32.8 Å². The van der Waals surface area contributed by atoms with Gasteiger partial charge >= 0.3 is 6.18 Å². The lowest BCUT2D eigenvalue weighted by Gasteiger charge is -2.33. The van der Waals surface area contributed by atoms with E-state index in [9.17, 15) is 31.7 Å². The SMILES string of the molecule is CS(=O)(=O)NC1CCN(c2cc(Cl)c(C(F)(F)F)cc2[N+](=O)[O-])CC1. The third-order valence-electron chi connectivity index (χ3n) is 3.78. The third-order valence-corrected chi connectivity index (χ3v) is 4.86. The summed E-state index contributed by atoms with van der Waals surface area (Å²) >= 11 is 5.66. The van der Waals surface area contributed by atoms with Crippen LogP contribution >= 0.6 is 11.6 Å². The topological polar surface area (TPSA) is 92.6 Å². The number of piperidine rings is 1. The van der Waals surface area contributed by atoms with Crippen LogP contribution in [0.2, 0.25) is 5.02 Å². The highest BCUT2D eigenvalue weighted by atomic mass is 35.5. The molecule has 140 valence electrons. The molecule has 0 aromatic heterocycles. The predicted octanol–water partition coefficient (Wildman–Crippen LogP) is 2.79. The molecule has 25 heavy (non-hydrogen) atoms. The van der Waals surface area contributed by atoms with E-state index in [-0.39, 0.29) is 24.8 Å². The summed E-state index contributed by atoms with van der Waals surface area (Å²) in [6.07, 6.45) is -3.04. The number of hydrogen-bond donors (Lipinski definition) is 1. The zero-order valence-corrected chi connectivity index (χ0v) is 14.6. The van der Waals surface area contributed by atoms with E-state index in [2.05, 4.69) is 4.72 Å². The molecule has 1 fully saturated rings. The molecule has 1 N–H and O–H groups in total. The number of nitro benzene ring substituents is 1. The lowest BCUT2D eigenvalue weighted by molar-refractivity contribution is -0.384. The van der Waals surface area contributed by atoms with Gasteiger partial charge in [0.15, 0.2) is 0 Å². The molecule has 1 saturated heterocycles. The minimum absolute atomic E-state index is 0.0131. The quantitative estimate of drug-likeness (QED) is 0.618. The standard InChI is InChI=1S/C13H15ClF3N3O4S/c1-25(23,24)18-8-2-4-19(5-3-8)11-7-10(14)9(13(15,16)17)6-12(11)20(21)22/h6-8,18H,2-5H2,1H3. The third kappa shape index (κ3) is 4.95. The Bertz CT molecular complexity index is 777. The molecule has 0 spiro atoms. The van der Waals surface area contributed by atoms with E-state index < -0.39 is 37.4 Å². The Morgan fingerprint density at radius 3 is 2.32 bits per heavy atom. The predicted molar refractivity (Wildman–Crippen MR) is 86.3 cm³/mol. The Balaban J connectivity index is 2.28. The first-order chi connectivity index (χ1) is 11.4. The average Bonchev–Trinajstić information content (AvgIpc) is 2.44. The van der Waals surface area contributed by atoms with Crippen molar-refractivity contribution >= 4 is 33.0 Å². The second-order valence-electron chi connectivity index (χ2n) is 5.73. The number of benzene rings is 1. The number of rotatable bonds is 4. The molecule has 1 heterocycles. The lowest BCUT2D eigenvalue weighted by Crippen LogP contribution is -2.44. The molecule has 0 saturated carbocycles. The minimum atomic E-state index is -4.80. The minimum Gasteiger partial charge on any atom is -0.366 e. The highest BCUT2D eigenvalue weighted by Gasteiger charge is 2.37. The average molecular weight is 402 g/mol. The normalized spacial score (nSPS) is 16.9. The summed E-state index contributed by atoms with van der Waals surface area (Å²) in [4.78, 5) is 11.8. The molecule has 1 aromatic carbocycles. The van der Waals surface area contributed by atoms with Crippen molar-refractivity contribution in [2.45, 2.75) is 25.1 Å². The van der Waals surface area contributed by atoms with Crippen molar-refractivity contribution in [3.63, 3.8) is 0 Å². The zero-order valence-electron chi connectivity index (χ0n) is 13.0. The maximum Gasteiger partial charge on any atom is 0.418 e. The molecule has 0 aliphatic carbocycles. The highest BCUT2D eigenvalue weighted by molar-refractivity contribution is 7.88. The Kier molecular flexibility index (Phi) is 5.50. The Hall–Kier alpha value is -1.59. The largest absolute Gasteiger partial charge is 0.418 e. The van der Waals surface area contributed by atoms with E-state index >= 15 is 0 Å². The van der Waals surface area contributed by atoms with Gasteiger partial charge in [-0.05, 0) is 18.9 Å². The van der Waals surface area contributed by atoms with E-state index in [1.807, 2.05) is 0 Å². The second-order valence-corrected chi connectivity index (χ2v) is 7.91. The van der Waals surface area contributed by atoms with E-state index in [4.69, 9.17) is 11.6 Å². The van der Waals surface area contributed by atoms with E-state index in [0.717, 1.165) is 12.3 Å². The molecular formula is C13H15ClF3N3O4S. The van der Waals surface area contributed by atoms with Crippen LogP contribution in [0.15, 0.2) is 12.1 Å². The van der Waals surface area contributed by atoms with Crippen LogP contribution in [0.1, 0.15) is 18.4 Å². The molecule has 12 heteroatoms. The van der Waals surface area contributed by atoms with E-state index in [0.29, 0.717) is 18.9 Å². The molecule has 0 unspecified atom stereocenters. The molecule has 0 amide bonds. The van der Waals surface area contributed by atoms with Gasteiger partial charge in [-0.25, -0.2) is 13.1 Å². The van der Waals surface area contributed by atoms with Gasteiger partial charge in [0, 0.05) is 25.2 Å². The lowest BCUT2D eigenvalue weighted by atomic mass is 10.0. The fourth-order valence-electron chi connectivity index (χ4n) is 2.71. The van der Waals surface area contributed by atoms with E-state index in [1.54, 1.807) is 0 Å². The molecule has 1 aromatic rings. The molecule has 2 rings (SSSR count). The number of anilines is 1. The van der Waals surface area contributed by atoms with Crippen molar-refractivity contribution in [3.8, 4) is 0 Å². The Morgan fingerprint density at radius 1 is 1.32 bits per heavy atom. The maximum atomic E-state index is 12.9. The summed E-state index contributed by atoms with van der Waals surface area (Å²) in [5.41, 5.74) is -1.97. The van der Waals surface area contributed by atoms with Crippen LogP contribution in [-0.2, 0) is 16.2 Å². The van der Waals surface area contributed by atoms with Gasteiger partial charge in [0.1, 0.15) is 5.69 Å². The van der Waals surface area contributed by atoms with Crippen molar-refractivity contribution in [2.24, 2.45) is 0 Å². The molecule has 7 nitrogen and oxygen atoms in total. The van der Waals surface area contributed by atoms with Gasteiger partial charge in [0.25, 0.3) is 5.69 Å². The van der Waals surface area contributed by atoms with Crippen LogP contribution in [-0.4, -0.2) is 38.7 Å². The van der Waals surface area contributed by atoms with Gasteiger partial charge in [-0.2, -0.15) is 13.2 Å². The maximum absolute atomic E-state index is 12.9.